The normalized spacial score (nSPS) is 13.5. The third-order valence-corrected chi connectivity index (χ3v) is 2.74. The van der Waals surface area contributed by atoms with Gasteiger partial charge in [0.15, 0.2) is 0 Å². The molecular formula is C13H13NO. The molecule has 1 aliphatic rings. The van der Waals surface area contributed by atoms with Crippen molar-refractivity contribution in [1.29, 1.82) is 0 Å². The second kappa shape index (κ2) is 3.43. The fourth-order valence-corrected chi connectivity index (χ4v) is 1.98. The minimum atomic E-state index is 0.113. The van der Waals surface area contributed by atoms with Gasteiger partial charge in [-0.3, -0.25) is 4.79 Å². The van der Waals surface area contributed by atoms with Crippen LogP contribution in [-0.4, -0.2) is 17.9 Å². The first kappa shape index (κ1) is 9.79. The highest BCUT2D eigenvalue weighted by atomic mass is 16.2. The molecule has 1 heterocycles. The molecular weight excluding hydrogens is 186 g/mol. The van der Waals surface area contributed by atoms with E-state index in [1.165, 1.54) is 0 Å². The standard InChI is InChI=1S/C13H13NO/c1-4-5-10-7-6-9(2)12-11(10)8-14(3)13(12)15/h6-7H,8H2,1-3H3. The lowest BCUT2D eigenvalue weighted by Crippen LogP contribution is -2.17. The number of nitrogens with zero attached hydrogens (tertiary/aromatic N) is 1. The molecule has 2 heteroatoms. The Balaban J connectivity index is 2.67. The molecule has 2 rings (SSSR count). The van der Waals surface area contributed by atoms with Gasteiger partial charge in [0.2, 0.25) is 0 Å². The van der Waals surface area contributed by atoms with E-state index in [-0.39, 0.29) is 5.91 Å². The minimum Gasteiger partial charge on any atom is -0.337 e. The summed E-state index contributed by atoms with van der Waals surface area (Å²) in [7, 11) is 1.82. The lowest BCUT2D eigenvalue weighted by molar-refractivity contribution is 0.0816. The molecule has 1 amide bonds. The Labute approximate surface area is 89.9 Å². The fraction of sp³-hybridized carbons (Fsp3) is 0.308. The van der Waals surface area contributed by atoms with Gasteiger partial charge in [0, 0.05) is 30.3 Å². The van der Waals surface area contributed by atoms with Gasteiger partial charge in [-0.2, -0.15) is 0 Å². The Morgan fingerprint density at radius 3 is 2.80 bits per heavy atom. The fourth-order valence-electron chi connectivity index (χ4n) is 1.98. The number of aryl methyl sites for hydroxylation is 1. The second-order valence-corrected chi connectivity index (χ2v) is 3.82. The van der Waals surface area contributed by atoms with Gasteiger partial charge in [-0.05, 0) is 25.5 Å². The smallest absolute Gasteiger partial charge is 0.254 e. The molecule has 0 aliphatic carbocycles. The molecule has 0 radical (unpaired) electrons. The maximum atomic E-state index is 11.9. The van der Waals surface area contributed by atoms with Gasteiger partial charge in [0.25, 0.3) is 5.91 Å². The predicted molar refractivity (Wildman–Crippen MR) is 59.5 cm³/mol. The number of amides is 1. The van der Waals surface area contributed by atoms with Crippen LogP contribution in [0.2, 0.25) is 0 Å². The van der Waals surface area contributed by atoms with Gasteiger partial charge in [-0.15, -0.1) is 5.92 Å². The zero-order valence-electron chi connectivity index (χ0n) is 9.22. The van der Waals surface area contributed by atoms with Crippen molar-refractivity contribution in [2.24, 2.45) is 0 Å². The quantitative estimate of drug-likeness (QED) is 0.585. The molecule has 0 atom stereocenters. The summed E-state index contributed by atoms with van der Waals surface area (Å²) in [4.78, 5) is 13.6. The molecule has 0 unspecified atom stereocenters. The summed E-state index contributed by atoms with van der Waals surface area (Å²) in [6.45, 7) is 4.46. The van der Waals surface area contributed by atoms with Crippen LogP contribution in [-0.2, 0) is 6.54 Å². The van der Waals surface area contributed by atoms with Crippen LogP contribution >= 0.6 is 0 Å². The number of fused-ring (bicyclic) bond motifs is 1. The van der Waals surface area contributed by atoms with E-state index in [9.17, 15) is 4.79 Å². The van der Waals surface area contributed by atoms with Gasteiger partial charge >= 0.3 is 0 Å². The summed E-state index contributed by atoms with van der Waals surface area (Å²) >= 11 is 0. The van der Waals surface area contributed by atoms with Crippen LogP contribution in [0.1, 0.15) is 34.0 Å². The Hall–Kier alpha value is -1.75. The van der Waals surface area contributed by atoms with E-state index < -0.39 is 0 Å². The molecule has 2 nitrogen and oxygen atoms in total. The number of rotatable bonds is 0. The zero-order valence-corrected chi connectivity index (χ0v) is 9.22. The van der Waals surface area contributed by atoms with Crippen LogP contribution < -0.4 is 0 Å². The summed E-state index contributed by atoms with van der Waals surface area (Å²) in [5, 5.41) is 0. The molecule has 0 saturated heterocycles. The molecule has 0 aromatic heterocycles. The van der Waals surface area contributed by atoms with Crippen LogP contribution in [0.4, 0.5) is 0 Å². The van der Waals surface area contributed by atoms with E-state index in [2.05, 4.69) is 11.8 Å². The SMILES string of the molecule is CC#Cc1ccc(C)c2c1CN(C)C2=O. The highest BCUT2D eigenvalue weighted by Gasteiger charge is 2.27. The third-order valence-electron chi connectivity index (χ3n) is 2.74. The van der Waals surface area contributed by atoms with Crippen molar-refractivity contribution >= 4 is 5.91 Å². The zero-order chi connectivity index (χ0) is 11.0. The monoisotopic (exact) mass is 199 g/mol. The highest BCUT2D eigenvalue weighted by Crippen LogP contribution is 2.27. The first-order chi connectivity index (χ1) is 7.15. The number of benzene rings is 1. The number of hydrogen-bond acceptors (Lipinski definition) is 1. The van der Waals surface area contributed by atoms with Gasteiger partial charge in [0.1, 0.15) is 0 Å². The highest BCUT2D eigenvalue weighted by molar-refractivity contribution is 6.00. The molecule has 1 aliphatic heterocycles. The number of hydrogen-bond donors (Lipinski definition) is 0. The minimum absolute atomic E-state index is 0.113. The summed E-state index contributed by atoms with van der Waals surface area (Å²) in [5.74, 6) is 6.04. The van der Waals surface area contributed by atoms with Crippen molar-refractivity contribution in [3.8, 4) is 11.8 Å². The summed E-state index contributed by atoms with van der Waals surface area (Å²) in [6.07, 6.45) is 0. The number of carbonyl (C=O) groups is 1. The average Bonchev–Trinajstić information content (AvgIpc) is 2.50. The largest absolute Gasteiger partial charge is 0.337 e. The van der Waals surface area contributed by atoms with Gasteiger partial charge in [0.05, 0.1) is 0 Å². The van der Waals surface area contributed by atoms with E-state index in [0.29, 0.717) is 6.54 Å². The first-order valence-electron chi connectivity index (χ1n) is 4.96. The van der Waals surface area contributed by atoms with Crippen LogP contribution in [0.3, 0.4) is 0 Å². The molecule has 0 saturated carbocycles. The Morgan fingerprint density at radius 1 is 1.40 bits per heavy atom. The molecule has 0 spiro atoms. The van der Waals surface area contributed by atoms with Crippen LogP contribution in [0, 0.1) is 18.8 Å². The Bertz CT molecular complexity index is 491. The lowest BCUT2D eigenvalue weighted by Gasteiger charge is -2.05. The summed E-state index contributed by atoms with van der Waals surface area (Å²) < 4.78 is 0. The van der Waals surface area contributed by atoms with E-state index >= 15 is 0 Å². The van der Waals surface area contributed by atoms with Crippen LogP contribution in [0.15, 0.2) is 12.1 Å². The first-order valence-corrected chi connectivity index (χ1v) is 4.96. The average molecular weight is 199 g/mol. The molecule has 1 aromatic carbocycles. The topological polar surface area (TPSA) is 20.3 Å². The Morgan fingerprint density at radius 2 is 2.13 bits per heavy atom. The van der Waals surface area contributed by atoms with Crippen molar-refractivity contribution in [2.75, 3.05) is 7.05 Å². The summed E-state index contributed by atoms with van der Waals surface area (Å²) in [6, 6.07) is 3.96. The van der Waals surface area contributed by atoms with Crippen molar-refractivity contribution in [1.82, 2.24) is 4.90 Å². The summed E-state index contributed by atoms with van der Waals surface area (Å²) in [5.41, 5.74) is 3.95. The third kappa shape index (κ3) is 1.41. The second-order valence-electron chi connectivity index (χ2n) is 3.82. The molecule has 0 N–H and O–H groups in total. The van der Waals surface area contributed by atoms with Crippen molar-refractivity contribution in [3.63, 3.8) is 0 Å². The van der Waals surface area contributed by atoms with Gasteiger partial charge < -0.3 is 4.90 Å². The van der Waals surface area contributed by atoms with E-state index in [1.54, 1.807) is 4.90 Å². The van der Waals surface area contributed by atoms with Crippen LogP contribution in [0.5, 0.6) is 0 Å². The van der Waals surface area contributed by atoms with Gasteiger partial charge in [-0.25, -0.2) is 0 Å². The predicted octanol–water partition coefficient (Wildman–Crippen LogP) is 1.95. The molecule has 15 heavy (non-hydrogen) atoms. The Kier molecular flexibility index (Phi) is 2.24. The molecule has 0 fully saturated rings. The molecule has 0 bridgehead atoms. The van der Waals surface area contributed by atoms with E-state index in [0.717, 1.165) is 22.3 Å². The van der Waals surface area contributed by atoms with Crippen molar-refractivity contribution in [2.45, 2.75) is 20.4 Å². The van der Waals surface area contributed by atoms with Crippen molar-refractivity contribution < 1.29 is 4.79 Å². The molecule has 76 valence electrons. The molecule has 1 aromatic rings. The van der Waals surface area contributed by atoms with E-state index in [1.807, 2.05) is 33.0 Å². The lowest BCUT2D eigenvalue weighted by atomic mass is 9.99. The van der Waals surface area contributed by atoms with Gasteiger partial charge in [-0.1, -0.05) is 12.0 Å². The van der Waals surface area contributed by atoms with Crippen molar-refractivity contribution in [3.05, 3.63) is 34.4 Å². The maximum Gasteiger partial charge on any atom is 0.254 e. The van der Waals surface area contributed by atoms with Crippen LogP contribution in [0.25, 0.3) is 0 Å². The maximum absolute atomic E-state index is 11.9. The number of carbonyl (C=O) groups excluding carboxylic acids is 1. The van der Waals surface area contributed by atoms with E-state index in [4.69, 9.17) is 0 Å².